The van der Waals surface area contributed by atoms with Crippen LogP contribution in [-0.4, -0.2) is 47.4 Å². The molecule has 0 bridgehead atoms. The van der Waals surface area contributed by atoms with Crippen LogP contribution in [0.5, 0.6) is 0 Å². The summed E-state index contributed by atoms with van der Waals surface area (Å²) in [6.07, 6.45) is 79.5. The first-order valence-electron chi connectivity index (χ1n) is 33.6. The standard InChI is InChI=1S/C68H131NO5/c1-3-5-7-9-11-13-15-17-19-20-21-22-24-27-30-33-36-40-44-48-52-56-60-66(71)65(64-70)69-67(72)61-57-53-49-45-41-37-34-31-28-25-23-26-29-32-35-39-43-47-51-55-59-63-74-68(73)62-58-54-50-46-42-38-18-16-14-12-10-8-6-4-2/h16,18,56,60,65-66,70-71H,3-15,17,19-55,57-59,61-64H2,1-2H3,(H,69,72)/b18-16-,60-56+. The minimum Gasteiger partial charge on any atom is -0.466 e. The molecule has 0 rings (SSSR count). The van der Waals surface area contributed by atoms with Gasteiger partial charge < -0.3 is 20.3 Å². The second-order valence-corrected chi connectivity index (χ2v) is 23.2. The third-order valence-corrected chi connectivity index (χ3v) is 15.7. The normalized spacial score (nSPS) is 12.6. The van der Waals surface area contributed by atoms with E-state index < -0.39 is 12.1 Å². The molecule has 0 aromatic heterocycles. The molecule has 0 radical (unpaired) electrons. The Hall–Kier alpha value is -1.66. The van der Waals surface area contributed by atoms with Gasteiger partial charge in [0.15, 0.2) is 0 Å². The summed E-state index contributed by atoms with van der Waals surface area (Å²) in [6, 6.07) is -0.630. The SMILES string of the molecule is CCCCCCC/C=C\CCCCCCCC(=O)OCCCCCCCCCCCCCCCCCCCCCCCC(=O)NC(CO)C(O)/C=C/CCCCCCCCCCCCCCCCCCCCCC. The highest BCUT2D eigenvalue weighted by atomic mass is 16.5. The predicted octanol–water partition coefficient (Wildman–Crippen LogP) is 21.4. The second kappa shape index (κ2) is 63.9. The zero-order valence-electron chi connectivity index (χ0n) is 50.1. The van der Waals surface area contributed by atoms with E-state index >= 15 is 0 Å². The number of aliphatic hydroxyl groups is 2. The van der Waals surface area contributed by atoms with Gasteiger partial charge in [-0.05, 0) is 57.8 Å². The van der Waals surface area contributed by atoms with Crippen molar-refractivity contribution in [1.29, 1.82) is 0 Å². The van der Waals surface area contributed by atoms with Crippen LogP contribution in [0.1, 0.15) is 373 Å². The van der Waals surface area contributed by atoms with E-state index in [-0.39, 0.29) is 18.5 Å². The van der Waals surface area contributed by atoms with Crippen molar-refractivity contribution >= 4 is 11.9 Å². The molecular formula is C68H131NO5. The monoisotopic (exact) mass is 1040 g/mol. The van der Waals surface area contributed by atoms with E-state index in [1.54, 1.807) is 6.08 Å². The number of carbonyl (C=O) groups excluding carboxylic acids is 2. The minimum atomic E-state index is -0.846. The fraction of sp³-hybridized carbons (Fsp3) is 0.912. The van der Waals surface area contributed by atoms with Gasteiger partial charge in [-0.15, -0.1) is 0 Å². The molecule has 0 saturated heterocycles. The van der Waals surface area contributed by atoms with Gasteiger partial charge in [-0.3, -0.25) is 9.59 Å². The average Bonchev–Trinajstić information content (AvgIpc) is 3.40. The first-order chi connectivity index (χ1) is 36.5. The number of rotatable bonds is 63. The van der Waals surface area contributed by atoms with Crippen LogP contribution in [0.3, 0.4) is 0 Å². The van der Waals surface area contributed by atoms with Crippen LogP contribution in [0.15, 0.2) is 24.3 Å². The van der Waals surface area contributed by atoms with Gasteiger partial charge in [-0.2, -0.15) is 0 Å². The maximum absolute atomic E-state index is 12.5. The lowest BCUT2D eigenvalue weighted by Gasteiger charge is -2.20. The van der Waals surface area contributed by atoms with Gasteiger partial charge in [0.05, 0.1) is 25.4 Å². The van der Waals surface area contributed by atoms with Crippen molar-refractivity contribution in [3.05, 3.63) is 24.3 Å². The van der Waals surface area contributed by atoms with Crippen LogP contribution in [-0.2, 0) is 14.3 Å². The summed E-state index contributed by atoms with van der Waals surface area (Å²) in [5.74, 6) is -0.0616. The molecule has 438 valence electrons. The Morgan fingerprint density at radius 2 is 0.635 bits per heavy atom. The highest BCUT2D eigenvalue weighted by Crippen LogP contribution is 2.18. The number of esters is 1. The highest BCUT2D eigenvalue weighted by molar-refractivity contribution is 5.76. The number of amides is 1. The van der Waals surface area contributed by atoms with Crippen molar-refractivity contribution in [3.8, 4) is 0 Å². The lowest BCUT2D eigenvalue weighted by Crippen LogP contribution is -2.45. The number of allylic oxidation sites excluding steroid dienone is 3. The van der Waals surface area contributed by atoms with Crippen molar-refractivity contribution in [3.63, 3.8) is 0 Å². The molecular weight excluding hydrogens is 911 g/mol. The maximum Gasteiger partial charge on any atom is 0.305 e. The maximum atomic E-state index is 12.5. The molecule has 0 aliphatic rings. The summed E-state index contributed by atoms with van der Waals surface area (Å²) < 4.78 is 5.48. The Kier molecular flexibility index (Phi) is 62.4. The molecule has 2 atom stereocenters. The summed E-state index contributed by atoms with van der Waals surface area (Å²) in [6.45, 7) is 4.92. The summed E-state index contributed by atoms with van der Waals surface area (Å²) in [7, 11) is 0. The predicted molar refractivity (Wildman–Crippen MR) is 324 cm³/mol. The van der Waals surface area contributed by atoms with E-state index in [9.17, 15) is 19.8 Å². The first kappa shape index (κ1) is 72.3. The molecule has 6 nitrogen and oxygen atoms in total. The smallest absolute Gasteiger partial charge is 0.305 e. The van der Waals surface area contributed by atoms with Crippen molar-refractivity contribution in [2.24, 2.45) is 0 Å². The molecule has 0 saturated carbocycles. The fourth-order valence-electron chi connectivity index (χ4n) is 10.6. The largest absolute Gasteiger partial charge is 0.466 e. The fourth-order valence-corrected chi connectivity index (χ4v) is 10.6. The van der Waals surface area contributed by atoms with Gasteiger partial charge in [0, 0.05) is 12.8 Å². The zero-order valence-corrected chi connectivity index (χ0v) is 50.1. The molecule has 0 aromatic carbocycles. The van der Waals surface area contributed by atoms with Crippen LogP contribution in [0.25, 0.3) is 0 Å². The molecule has 0 aromatic rings. The van der Waals surface area contributed by atoms with Crippen LogP contribution < -0.4 is 5.32 Å². The number of carbonyl (C=O) groups is 2. The molecule has 0 aliphatic carbocycles. The lowest BCUT2D eigenvalue weighted by molar-refractivity contribution is -0.143. The summed E-state index contributed by atoms with van der Waals surface area (Å²) in [4.78, 5) is 24.6. The van der Waals surface area contributed by atoms with E-state index in [1.165, 1.54) is 302 Å². The number of hydrogen-bond donors (Lipinski definition) is 3. The van der Waals surface area contributed by atoms with Gasteiger partial charge in [0.25, 0.3) is 0 Å². The molecule has 0 fully saturated rings. The first-order valence-corrected chi connectivity index (χ1v) is 33.6. The minimum absolute atomic E-state index is 0.00356. The van der Waals surface area contributed by atoms with Crippen molar-refractivity contribution in [2.75, 3.05) is 13.2 Å². The van der Waals surface area contributed by atoms with Crippen LogP contribution in [0, 0.1) is 0 Å². The van der Waals surface area contributed by atoms with Gasteiger partial charge in [-0.25, -0.2) is 0 Å². The van der Waals surface area contributed by atoms with E-state index in [0.29, 0.717) is 19.4 Å². The number of nitrogens with one attached hydrogen (secondary N) is 1. The van der Waals surface area contributed by atoms with Crippen LogP contribution in [0.2, 0.25) is 0 Å². The molecule has 0 heterocycles. The Morgan fingerprint density at radius 3 is 0.959 bits per heavy atom. The summed E-state index contributed by atoms with van der Waals surface area (Å²) >= 11 is 0. The van der Waals surface area contributed by atoms with E-state index in [0.717, 1.165) is 44.9 Å². The Morgan fingerprint density at radius 1 is 0.365 bits per heavy atom. The van der Waals surface area contributed by atoms with Crippen molar-refractivity contribution in [2.45, 2.75) is 386 Å². The lowest BCUT2D eigenvalue weighted by atomic mass is 10.0. The Labute approximate surface area is 462 Å². The number of unbranched alkanes of at least 4 members (excludes halogenated alkanes) is 50. The topological polar surface area (TPSA) is 95.9 Å². The third-order valence-electron chi connectivity index (χ3n) is 15.7. The molecule has 74 heavy (non-hydrogen) atoms. The second-order valence-electron chi connectivity index (χ2n) is 23.2. The number of ether oxygens (including phenoxy) is 1. The molecule has 2 unspecified atom stereocenters. The van der Waals surface area contributed by atoms with Gasteiger partial charge in [-0.1, -0.05) is 327 Å². The van der Waals surface area contributed by atoms with E-state index in [2.05, 4.69) is 31.3 Å². The van der Waals surface area contributed by atoms with Crippen LogP contribution >= 0.6 is 0 Å². The third kappa shape index (κ3) is 59.6. The summed E-state index contributed by atoms with van der Waals surface area (Å²) in [5.41, 5.74) is 0. The van der Waals surface area contributed by atoms with Crippen molar-refractivity contribution < 1.29 is 24.5 Å². The number of aliphatic hydroxyl groups excluding tert-OH is 2. The van der Waals surface area contributed by atoms with Gasteiger partial charge >= 0.3 is 5.97 Å². The van der Waals surface area contributed by atoms with E-state index in [1.807, 2.05) is 6.08 Å². The molecule has 0 aliphatic heterocycles. The van der Waals surface area contributed by atoms with Gasteiger partial charge in [0.2, 0.25) is 5.91 Å². The Bertz CT molecular complexity index is 1150. The average molecular weight is 1040 g/mol. The Balaban J connectivity index is 3.42. The van der Waals surface area contributed by atoms with Crippen LogP contribution in [0.4, 0.5) is 0 Å². The zero-order chi connectivity index (χ0) is 53.6. The quantitative estimate of drug-likeness (QED) is 0.0320. The molecule has 6 heteroatoms. The molecule has 3 N–H and O–H groups in total. The van der Waals surface area contributed by atoms with Gasteiger partial charge in [0.1, 0.15) is 0 Å². The van der Waals surface area contributed by atoms with Crippen molar-refractivity contribution in [1.82, 2.24) is 5.32 Å². The molecule has 0 spiro atoms. The highest BCUT2D eigenvalue weighted by Gasteiger charge is 2.18. The molecule has 1 amide bonds. The summed E-state index contributed by atoms with van der Waals surface area (Å²) in [5, 5.41) is 23.2. The van der Waals surface area contributed by atoms with E-state index in [4.69, 9.17) is 4.74 Å². The number of hydrogen-bond acceptors (Lipinski definition) is 5.